The van der Waals surface area contributed by atoms with E-state index in [0.717, 1.165) is 5.56 Å². The lowest BCUT2D eigenvalue weighted by atomic mass is 10.1. The zero-order valence-electron chi connectivity index (χ0n) is 14.3. The zero-order valence-corrected chi connectivity index (χ0v) is 14.3. The van der Waals surface area contributed by atoms with Crippen molar-refractivity contribution < 1.29 is 23.5 Å². The molecule has 138 valence electrons. The average Bonchev–Trinajstić information content (AvgIpc) is 3.22. The minimum atomic E-state index is -0.950. The fourth-order valence-electron chi connectivity index (χ4n) is 2.41. The number of amides is 1. The van der Waals surface area contributed by atoms with Crippen LogP contribution >= 0.6 is 0 Å². The molecule has 0 aliphatic heterocycles. The standard InChI is InChI=1S/C19H17N3O5/c23-18(16-8-4-11-26-16)21-15(12-14-6-2-1-3-7-14)19(24)27-13-17-20-9-5-10-22(17)25/h1-11,15H,12-13H2,(H,21,23)/t15-/m0/s1. The van der Waals surface area contributed by atoms with Crippen LogP contribution < -0.4 is 10.0 Å². The zero-order chi connectivity index (χ0) is 19.1. The van der Waals surface area contributed by atoms with Gasteiger partial charge < -0.3 is 19.7 Å². The quantitative estimate of drug-likeness (QED) is 0.384. The minimum Gasteiger partial charge on any atom is -0.711 e. The van der Waals surface area contributed by atoms with E-state index in [1.165, 1.54) is 30.8 Å². The number of aromatic nitrogens is 2. The van der Waals surface area contributed by atoms with Crippen LogP contribution in [0.2, 0.25) is 0 Å². The fraction of sp³-hybridized carbons (Fsp3) is 0.158. The monoisotopic (exact) mass is 367 g/mol. The molecule has 0 saturated heterocycles. The Morgan fingerprint density at radius 3 is 2.70 bits per heavy atom. The summed E-state index contributed by atoms with van der Waals surface area (Å²) in [7, 11) is 0. The molecule has 0 fully saturated rings. The molecule has 1 atom stereocenters. The van der Waals surface area contributed by atoms with Crippen molar-refractivity contribution in [2.45, 2.75) is 19.1 Å². The molecule has 3 aromatic rings. The Labute approximate surface area is 155 Å². The van der Waals surface area contributed by atoms with Gasteiger partial charge in [0.15, 0.2) is 12.4 Å². The van der Waals surface area contributed by atoms with Gasteiger partial charge in [0, 0.05) is 12.5 Å². The third-order valence-electron chi connectivity index (χ3n) is 3.75. The second kappa shape index (κ2) is 8.61. The highest BCUT2D eigenvalue weighted by molar-refractivity contribution is 5.94. The van der Waals surface area contributed by atoms with E-state index < -0.39 is 17.9 Å². The molecule has 1 N–H and O–H groups in total. The topological polar surface area (TPSA) is 108 Å². The predicted octanol–water partition coefficient (Wildman–Crippen LogP) is 1.39. The first-order valence-corrected chi connectivity index (χ1v) is 8.21. The Hall–Kier alpha value is -3.68. The summed E-state index contributed by atoms with van der Waals surface area (Å²) in [4.78, 5) is 28.7. The lowest BCUT2D eigenvalue weighted by molar-refractivity contribution is -0.620. The molecule has 2 heterocycles. The molecule has 27 heavy (non-hydrogen) atoms. The Bertz CT molecular complexity index is 897. The molecule has 0 unspecified atom stereocenters. The number of ether oxygens (including phenoxy) is 1. The summed E-state index contributed by atoms with van der Waals surface area (Å²) in [5.41, 5.74) is 0.843. The smallest absolute Gasteiger partial charge is 0.339 e. The van der Waals surface area contributed by atoms with Gasteiger partial charge in [-0.1, -0.05) is 30.3 Å². The van der Waals surface area contributed by atoms with Crippen LogP contribution in [-0.4, -0.2) is 22.9 Å². The number of hydrogen-bond donors (Lipinski definition) is 1. The summed E-state index contributed by atoms with van der Waals surface area (Å²) in [6, 6.07) is 12.8. The van der Waals surface area contributed by atoms with Crippen molar-refractivity contribution in [2.24, 2.45) is 0 Å². The Morgan fingerprint density at radius 2 is 2.00 bits per heavy atom. The summed E-state index contributed by atoms with van der Waals surface area (Å²) in [6.45, 7) is -0.301. The SMILES string of the molecule is O=C(N[C@@H](Cc1ccccc1)C(=O)OCc1nccc[n+]1[O-])c1ccco1. The van der Waals surface area contributed by atoms with Crippen molar-refractivity contribution >= 4 is 11.9 Å². The molecular formula is C19H17N3O5. The van der Waals surface area contributed by atoms with Crippen LogP contribution in [0.15, 0.2) is 71.6 Å². The molecule has 0 aliphatic carbocycles. The van der Waals surface area contributed by atoms with Gasteiger partial charge in [0.1, 0.15) is 12.2 Å². The molecule has 0 radical (unpaired) electrons. The molecule has 2 aromatic heterocycles. The maximum atomic E-state index is 12.5. The number of nitrogens with zero attached hydrogens (tertiary/aromatic N) is 2. The Balaban J connectivity index is 1.70. The first-order valence-electron chi connectivity index (χ1n) is 8.21. The van der Waals surface area contributed by atoms with E-state index in [2.05, 4.69) is 10.3 Å². The molecule has 8 heteroatoms. The highest BCUT2D eigenvalue weighted by Gasteiger charge is 2.25. The van der Waals surface area contributed by atoms with Gasteiger partial charge in [-0.3, -0.25) is 4.79 Å². The minimum absolute atomic E-state index is 0.0432. The van der Waals surface area contributed by atoms with Crippen LogP contribution in [0.1, 0.15) is 21.9 Å². The summed E-state index contributed by atoms with van der Waals surface area (Å²) >= 11 is 0. The van der Waals surface area contributed by atoms with Crippen molar-refractivity contribution in [1.82, 2.24) is 10.3 Å². The van der Waals surface area contributed by atoms with E-state index >= 15 is 0 Å². The number of hydrogen-bond acceptors (Lipinski definition) is 6. The van der Waals surface area contributed by atoms with Gasteiger partial charge in [-0.2, -0.15) is 0 Å². The number of nitrogens with one attached hydrogen (secondary N) is 1. The van der Waals surface area contributed by atoms with E-state index in [0.29, 0.717) is 4.73 Å². The normalized spacial score (nSPS) is 11.6. The Kier molecular flexibility index (Phi) is 5.78. The van der Waals surface area contributed by atoms with Gasteiger partial charge >= 0.3 is 11.8 Å². The number of carbonyl (C=O) groups excluding carboxylic acids is 2. The van der Waals surface area contributed by atoms with Crippen LogP contribution in [0, 0.1) is 5.21 Å². The largest absolute Gasteiger partial charge is 0.711 e. The summed E-state index contributed by atoms with van der Waals surface area (Å²) in [5.74, 6) is -1.08. The number of carbonyl (C=O) groups is 2. The predicted molar refractivity (Wildman–Crippen MR) is 93.1 cm³/mol. The van der Waals surface area contributed by atoms with Crippen LogP contribution in [-0.2, 0) is 22.6 Å². The highest BCUT2D eigenvalue weighted by atomic mass is 16.5. The molecular weight excluding hydrogens is 350 g/mol. The van der Waals surface area contributed by atoms with Crippen molar-refractivity contribution in [3.63, 3.8) is 0 Å². The van der Waals surface area contributed by atoms with Gasteiger partial charge in [-0.15, -0.1) is 0 Å². The summed E-state index contributed by atoms with van der Waals surface area (Å²) in [6.07, 6.45) is 4.28. The number of esters is 1. The summed E-state index contributed by atoms with van der Waals surface area (Å²) in [5, 5.41) is 14.2. The van der Waals surface area contributed by atoms with Gasteiger partial charge in [-0.25, -0.2) is 9.52 Å². The number of benzene rings is 1. The summed E-state index contributed by atoms with van der Waals surface area (Å²) < 4.78 is 10.8. The van der Waals surface area contributed by atoms with Crippen molar-refractivity contribution in [1.29, 1.82) is 0 Å². The maximum Gasteiger partial charge on any atom is 0.339 e. The fourth-order valence-corrected chi connectivity index (χ4v) is 2.41. The molecule has 3 rings (SSSR count). The number of rotatable bonds is 7. The van der Waals surface area contributed by atoms with Crippen LogP contribution in [0.4, 0.5) is 0 Å². The average molecular weight is 367 g/mol. The Morgan fingerprint density at radius 1 is 1.19 bits per heavy atom. The molecule has 0 saturated carbocycles. The van der Waals surface area contributed by atoms with Crippen molar-refractivity contribution in [3.05, 3.63) is 89.5 Å². The molecule has 1 aromatic carbocycles. The van der Waals surface area contributed by atoms with E-state index in [1.807, 2.05) is 30.3 Å². The first-order chi connectivity index (χ1) is 13.1. The second-order valence-corrected chi connectivity index (χ2v) is 5.66. The molecule has 8 nitrogen and oxygen atoms in total. The molecule has 0 bridgehead atoms. The van der Waals surface area contributed by atoms with E-state index in [1.54, 1.807) is 6.07 Å². The van der Waals surface area contributed by atoms with Crippen molar-refractivity contribution in [3.8, 4) is 0 Å². The molecule has 0 spiro atoms. The molecule has 0 aliphatic rings. The maximum absolute atomic E-state index is 12.5. The number of furan rings is 1. The third-order valence-corrected chi connectivity index (χ3v) is 3.75. The molecule has 1 amide bonds. The van der Waals surface area contributed by atoms with E-state index in [9.17, 15) is 14.8 Å². The van der Waals surface area contributed by atoms with Crippen LogP contribution in [0.5, 0.6) is 0 Å². The highest BCUT2D eigenvalue weighted by Crippen LogP contribution is 2.08. The third kappa shape index (κ3) is 4.91. The van der Waals surface area contributed by atoms with Crippen LogP contribution in [0.25, 0.3) is 0 Å². The van der Waals surface area contributed by atoms with E-state index in [4.69, 9.17) is 9.15 Å². The van der Waals surface area contributed by atoms with Gasteiger partial charge in [0.25, 0.3) is 5.91 Å². The second-order valence-electron chi connectivity index (χ2n) is 5.66. The van der Waals surface area contributed by atoms with Crippen molar-refractivity contribution in [2.75, 3.05) is 0 Å². The first kappa shape index (κ1) is 18.1. The van der Waals surface area contributed by atoms with Crippen LogP contribution in [0.3, 0.4) is 0 Å². The lowest BCUT2D eigenvalue weighted by Gasteiger charge is -2.17. The van der Waals surface area contributed by atoms with E-state index in [-0.39, 0.29) is 24.6 Å². The van der Waals surface area contributed by atoms with Gasteiger partial charge in [-0.05, 0) is 22.7 Å². The van der Waals surface area contributed by atoms with Gasteiger partial charge in [0.05, 0.1) is 12.5 Å². The van der Waals surface area contributed by atoms with Gasteiger partial charge in [0.2, 0.25) is 0 Å². The lowest BCUT2D eigenvalue weighted by Crippen LogP contribution is -2.44.